The number of carbonyl (C=O) groups is 1. The van der Waals surface area contributed by atoms with E-state index in [0.717, 1.165) is 44.7 Å². The highest BCUT2D eigenvalue weighted by Gasteiger charge is 2.26. The first-order chi connectivity index (χ1) is 12.8. The van der Waals surface area contributed by atoms with Gasteiger partial charge in [0.15, 0.2) is 0 Å². The molecule has 26 heavy (non-hydrogen) atoms. The molecule has 138 valence electrons. The third kappa shape index (κ3) is 3.97. The minimum atomic E-state index is -0.0360. The van der Waals surface area contributed by atoms with Crippen molar-refractivity contribution in [1.29, 1.82) is 0 Å². The van der Waals surface area contributed by atoms with Crippen LogP contribution in [0.3, 0.4) is 0 Å². The minimum Gasteiger partial charge on any atom is -0.381 e. The van der Waals surface area contributed by atoms with Gasteiger partial charge in [-0.3, -0.25) is 9.69 Å². The summed E-state index contributed by atoms with van der Waals surface area (Å²) < 4.78 is 7.31. The smallest absolute Gasteiger partial charge is 0.231 e. The van der Waals surface area contributed by atoms with Crippen molar-refractivity contribution < 1.29 is 9.53 Å². The van der Waals surface area contributed by atoms with Crippen molar-refractivity contribution in [2.75, 3.05) is 31.6 Å². The molecule has 0 bridgehead atoms. The number of benzene rings is 1. The number of aromatic nitrogens is 2. The van der Waals surface area contributed by atoms with Crippen LogP contribution < -0.4 is 5.32 Å². The van der Waals surface area contributed by atoms with E-state index < -0.39 is 0 Å². The molecule has 1 N–H and O–H groups in total. The average molecular weight is 354 g/mol. The molecule has 0 radical (unpaired) electrons. The van der Waals surface area contributed by atoms with Gasteiger partial charge in [0, 0.05) is 32.3 Å². The first-order valence-corrected chi connectivity index (χ1v) is 9.48. The third-order valence-electron chi connectivity index (χ3n) is 5.37. The zero-order valence-corrected chi connectivity index (χ0v) is 15.0. The lowest BCUT2D eigenvalue weighted by Gasteiger charge is -2.32. The van der Waals surface area contributed by atoms with E-state index in [9.17, 15) is 4.79 Å². The SMILES string of the molecule is O=C(Nc1ccnn1C1CCN(Cc2ccccc2)CC1)[C@@H]1CCOC1. The van der Waals surface area contributed by atoms with Crippen LogP contribution in [0, 0.1) is 5.92 Å². The summed E-state index contributed by atoms with van der Waals surface area (Å²) in [7, 11) is 0. The van der Waals surface area contributed by atoms with Gasteiger partial charge in [-0.25, -0.2) is 4.68 Å². The Kier molecular flexibility index (Phi) is 5.32. The molecule has 1 atom stereocenters. The lowest BCUT2D eigenvalue weighted by atomic mass is 10.0. The van der Waals surface area contributed by atoms with Gasteiger partial charge in [0.05, 0.1) is 24.8 Å². The first kappa shape index (κ1) is 17.2. The molecular weight excluding hydrogens is 328 g/mol. The summed E-state index contributed by atoms with van der Waals surface area (Å²) in [5.41, 5.74) is 1.36. The number of piperidine rings is 1. The van der Waals surface area contributed by atoms with Crippen LogP contribution in [0.15, 0.2) is 42.6 Å². The summed E-state index contributed by atoms with van der Waals surface area (Å²) in [4.78, 5) is 14.9. The highest BCUT2D eigenvalue weighted by atomic mass is 16.5. The maximum absolute atomic E-state index is 12.4. The van der Waals surface area contributed by atoms with Crippen LogP contribution in [0.25, 0.3) is 0 Å². The van der Waals surface area contributed by atoms with E-state index in [-0.39, 0.29) is 11.8 Å². The van der Waals surface area contributed by atoms with Crippen LogP contribution in [-0.2, 0) is 16.1 Å². The van der Waals surface area contributed by atoms with E-state index in [0.29, 0.717) is 19.3 Å². The molecule has 0 aliphatic carbocycles. The Morgan fingerprint density at radius 3 is 2.69 bits per heavy atom. The molecule has 0 unspecified atom stereocenters. The number of carbonyl (C=O) groups excluding carboxylic acids is 1. The van der Waals surface area contributed by atoms with Gasteiger partial charge in [-0.2, -0.15) is 5.10 Å². The summed E-state index contributed by atoms with van der Waals surface area (Å²) in [5, 5.41) is 7.53. The summed E-state index contributed by atoms with van der Waals surface area (Å²) in [6, 6.07) is 12.8. The highest BCUT2D eigenvalue weighted by molar-refractivity contribution is 5.92. The van der Waals surface area contributed by atoms with Crippen molar-refractivity contribution in [3.8, 4) is 0 Å². The van der Waals surface area contributed by atoms with Gasteiger partial charge in [0.2, 0.25) is 5.91 Å². The number of hydrogen-bond acceptors (Lipinski definition) is 4. The Hall–Kier alpha value is -2.18. The van der Waals surface area contributed by atoms with Crippen molar-refractivity contribution in [3.63, 3.8) is 0 Å². The van der Waals surface area contributed by atoms with Crippen LogP contribution in [-0.4, -0.2) is 46.9 Å². The molecule has 3 heterocycles. The number of rotatable bonds is 5. The van der Waals surface area contributed by atoms with Gasteiger partial charge < -0.3 is 10.1 Å². The molecule has 2 aromatic rings. The minimum absolute atomic E-state index is 0.0360. The number of nitrogens with zero attached hydrogens (tertiary/aromatic N) is 3. The molecule has 2 aliphatic heterocycles. The lowest BCUT2D eigenvalue weighted by Crippen LogP contribution is -2.35. The molecular formula is C20H26N4O2. The molecule has 0 saturated carbocycles. The van der Waals surface area contributed by atoms with E-state index in [1.165, 1.54) is 5.56 Å². The molecule has 1 aromatic heterocycles. The summed E-state index contributed by atoms with van der Waals surface area (Å²) in [5.74, 6) is 0.820. The predicted molar refractivity (Wildman–Crippen MR) is 99.8 cm³/mol. The standard InChI is InChI=1S/C20H26N4O2/c25-20(17-9-13-26-15-17)22-19-6-10-21-24(19)18-7-11-23(12-8-18)14-16-4-2-1-3-5-16/h1-6,10,17-18H,7-9,11-15H2,(H,22,25)/t17-/m1/s1. The van der Waals surface area contributed by atoms with Crippen LogP contribution in [0.2, 0.25) is 0 Å². The molecule has 6 nitrogen and oxygen atoms in total. The monoisotopic (exact) mass is 354 g/mol. The van der Waals surface area contributed by atoms with Gasteiger partial charge in [0.25, 0.3) is 0 Å². The summed E-state index contributed by atoms with van der Waals surface area (Å²) >= 11 is 0. The molecule has 2 saturated heterocycles. The van der Waals surface area contributed by atoms with E-state index in [2.05, 4.69) is 45.6 Å². The number of amides is 1. The van der Waals surface area contributed by atoms with Gasteiger partial charge >= 0.3 is 0 Å². The summed E-state index contributed by atoms with van der Waals surface area (Å²) in [6.45, 7) is 4.29. The third-order valence-corrected chi connectivity index (χ3v) is 5.37. The summed E-state index contributed by atoms with van der Waals surface area (Å²) in [6.07, 6.45) is 4.67. The van der Waals surface area contributed by atoms with E-state index in [1.54, 1.807) is 6.20 Å². The molecule has 2 fully saturated rings. The number of ether oxygens (including phenoxy) is 1. The fourth-order valence-corrected chi connectivity index (χ4v) is 3.84. The Labute approximate surface area is 154 Å². The topological polar surface area (TPSA) is 59.4 Å². The van der Waals surface area contributed by atoms with E-state index >= 15 is 0 Å². The van der Waals surface area contributed by atoms with Crippen LogP contribution >= 0.6 is 0 Å². The van der Waals surface area contributed by atoms with Gasteiger partial charge in [-0.15, -0.1) is 0 Å². The lowest BCUT2D eigenvalue weighted by molar-refractivity contribution is -0.119. The second kappa shape index (κ2) is 8.01. The molecule has 1 aromatic carbocycles. The Morgan fingerprint density at radius 2 is 1.96 bits per heavy atom. The van der Waals surface area contributed by atoms with E-state index in [1.807, 2.05) is 10.7 Å². The number of hydrogen-bond donors (Lipinski definition) is 1. The zero-order valence-electron chi connectivity index (χ0n) is 15.0. The maximum Gasteiger partial charge on any atom is 0.231 e. The predicted octanol–water partition coefficient (Wildman–Crippen LogP) is 2.70. The van der Waals surface area contributed by atoms with Crippen molar-refractivity contribution in [2.24, 2.45) is 5.92 Å². The van der Waals surface area contributed by atoms with Crippen molar-refractivity contribution in [1.82, 2.24) is 14.7 Å². The van der Waals surface area contributed by atoms with Crippen molar-refractivity contribution in [2.45, 2.75) is 31.8 Å². The Morgan fingerprint density at radius 1 is 1.15 bits per heavy atom. The second-order valence-electron chi connectivity index (χ2n) is 7.20. The second-order valence-corrected chi connectivity index (χ2v) is 7.20. The van der Waals surface area contributed by atoms with Gasteiger partial charge in [-0.1, -0.05) is 30.3 Å². The molecule has 6 heteroatoms. The van der Waals surface area contributed by atoms with Crippen LogP contribution in [0.1, 0.15) is 30.9 Å². The van der Waals surface area contributed by atoms with Crippen LogP contribution in [0.4, 0.5) is 5.82 Å². The highest BCUT2D eigenvalue weighted by Crippen LogP contribution is 2.26. The number of nitrogens with one attached hydrogen (secondary N) is 1. The normalized spacial score (nSPS) is 21.8. The molecule has 1 amide bonds. The number of likely N-dealkylation sites (tertiary alicyclic amines) is 1. The van der Waals surface area contributed by atoms with Crippen molar-refractivity contribution in [3.05, 3.63) is 48.2 Å². The fraction of sp³-hybridized carbons (Fsp3) is 0.500. The number of anilines is 1. The Balaban J connectivity index is 1.33. The van der Waals surface area contributed by atoms with Crippen LogP contribution in [0.5, 0.6) is 0 Å². The molecule has 2 aliphatic rings. The molecule has 4 rings (SSSR count). The average Bonchev–Trinajstić information content (AvgIpc) is 3.35. The largest absolute Gasteiger partial charge is 0.381 e. The van der Waals surface area contributed by atoms with E-state index in [4.69, 9.17) is 4.74 Å². The Bertz CT molecular complexity index is 716. The quantitative estimate of drug-likeness (QED) is 0.897. The fourth-order valence-electron chi connectivity index (χ4n) is 3.84. The first-order valence-electron chi connectivity index (χ1n) is 9.48. The van der Waals surface area contributed by atoms with Gasteiger partial charge in [0.1, 0.15) is 5.82 Å². The molecule has 0 spiro atoms. The van der Waals surface area contributed by atoms with Crippen molar-refractivity contribution >= 4 is 11.7 Å². The maximum atomic E-state index is 12.4. The van der Waals surface area contributed by atoms with Gasteiger partial charge in [-0.05, 0) is 24.8 Å². The zero-order chi connectivity index (χ0) is 17.8.